The molecule has 20 heavy (non-hydrogen) atoms. The van der Waals surface area contributed by atoms with E-state index in [1.165, 1.54) is 6.42 Å². The van der Waals surface area contributed by atoms with E-state index in [0.29, 0.717) is 24.9 Å². The average Bonchev–Trinajstić information content (AvgIpc) is 3.12. The number of rotatable bonds is 7. The first-order valence-corrected chi connectivity index (χ1v) is 9.73. The lowest BCUT2D eigenvalue weighted by atomic mass is 10.0. The second-order valence-electron chi connectivity index (χ2n) is 6.83. The van der Waals surface area contributed by atoms with Gasteiger partial charge < -0.3 is 4.90 Å². The maximum Gasteiger partial charge on any atom is 0.214 e. The van der Waals surface area contributed by atoms with Crippen LogP contribution in [0.15, 0.2) is 0 Å². The second-order valence-corrected chi connectivity index (χ2v) is 8.79. The van der Waals surface area contributed by atoms with Gasteiger partial charge in [0, 0.05) is 19.1 Å². The van der Waals surface area contributed by atoms with Gasteiger partial charge in [0.15, 0.2) is 0 Å². The highest BCUT2D eigenvalue weighted by molar-refractivity contribution is 7.89. The van der Waals surface area contributed by atoms with Crippen LogP contribution in [0.3, 0.4) is 0 Å². The van der Waals surface area contributed by atoms with Gasteiger partial charge in [-0.05, 0) is 50.6 Å². The van der Waals surface area contributed by atoms with Gasteiger partial charge in [-0.25, -0.2) is 12.7 Å². The summed E-state index contributed by atoms with van der Waals surface area (Å²) in [6.07, 6.45) is 5.30. The summed E-state index contributed by atoms with van der Waals surface area (Å²) in [6.45, 7) is 10.1. The second kappa shape index (κ2) is 6.32. The van der Waals surface area contributed by atoms with E-state index in [4.69, 9.17) is 0 Å². The lowest BCUT2D eigenvalue weighted by molar-refractivity contribution is 0.145. The Morgan fingerprint density at radius 1 is 1.20 bits per heavy atom. The molecule has 1 saturated carbocycles. The summed E-state index contributed by atoms with van der Waals surface area (Å²) < 4.78 is 26.6. The van der Waals surface area contributed by atoms with Gasteiger partial charge in [0.25, 0.3) is 0 Å². The molecule has 0 aromatic carbocycles. The molecule has 1 aliphatic heterocycles. The van der Waals surface area contributed by atoms with E-state index in [1.807, 2.05) is 0 Å². The van der Waals surface area contributed by atoms with E-state index in [0.717, 1.165) is 38.8 Å². The van der Waals surface area contributed by atoms with Crippen LogP contribution >= 0.6 is 0 Å². The van der Waals surface area contributed by atoms with Crippen molar-refractivity contribution in [3.63, 3.8) is 0 Å². The highest BCUT2D eigenvalue weighted by Crippen LogP contribution is 2.46. The molecule has 0 aromatic rings. The van der Waals surface area contributed by atoms with E-state index < -0.39 is 10.0 Å². The molecule has 0 aromatic heterocycles. The molecule has 0 N–H and O–H groups in total. The third kappa shape index (κ3) is 3.95. The molecule has 0 unspecified atom stereocenters. The molecule has 0 bridgehead atoms. The Bertz CT molecular complexity index is 410. The first-order chi connectivity index (χ1) is 9.40. The minimum atomic E-state index is -3.03. The standard InChI is InChI=1S/C15H30N2O2S/c1-4-10-16(5-2)14-6-11-17(12-7-14)20(18,19)13-15(3)8-9-15/h14H,4-13H2,1-3H3. The van der Waals surface area contributed by atoms with Crippen LogP contribution in [0.5, 0.6) is 0 Å². The molecule has 0 amide bonds. The molecule has 0 spiro atoms. The van der Waals surface area contributed by atoms with Gasteiger partial charge in [-0.3, -0.25) is 0 Å². The molecule has 0 radical (unpaired) electrons. The van der Waals surface area contributed by atoms with Crippen molar-refractivity contribution in [2.45, 2.75) is 58.9 Å². The van der Waals surface area contributed by atoms with Crippen molar-refractivity contribution >= 4 is 10.0 Å². The van der Waals surface area contributed by atoms with Crippen LogP contribution in [-0.2, 0) is 10.0 Å². The molecular weight excluding hydrogens is 272 g/mol. The largest absolute Gasteiger partial charge is 0.301 e. The SMILES string of the molecule is CCCN(CC)C1CCN(S(=O)(=O)CC2(C)CC2)CC1. The fourth-order valence-corrected chi connectivity index (χ4v) is 5.38. The third-order valence-corrected chi connectivity index (χ3v) is 7.10. The fraction of sp³-hybridized carbons (Fsp3) is 1.00. The molecule has 0 atom stereocenters. The summed E-state index contributed by atoms with van der Waals surface area (Å²) in [6, 6.07) is 0.572. The molecule has 2 fully saturated rings. The van der Waals surface area contributed by atoms with Crippen molar-refractivity contribution in [3.8, 4) is 0 Å². The van der Waals surface area contributed by atoms with E-state index in [-0.39, 0.29) is 5.41 Å². The lowest BCUT2D eigenvalue weighted by Gasteiger charge is -2.37. The quantitative estimate of drug-likeness (QED) is 0.724. The Morgan fingerprint density at radius 3 is 2.25 bits per heavy atom. The first-order valence-electron chi connectivity index (χ1n) is 8.12. The summed E-state index contributed by atoms with van der Waals surface area (Å²) in [4.78, 5) is 2.51. The maximum absolute atomic E-state index is 12.4. The monoisotopic (exact) mass is 302 g/mol. The highest BCUT2D eigenvalue weighted by Gasteiger charge is 2.43. The Labute approximate surface area is 124 Å². The molecule has 1 heterocycles. The first kappa shape index (κ1) is 16.2. The zero-order chi connectivity index (χ0) is 14.8. The van der Waals surface area contributed by atoms with Gasteiger partial charge in [0.2, 0.25) is 10.0 Å². The number of hydrogen-bond acceptors (Lipinski definition) is 3. The van der Waals surface area contributed by atoms with Crippen molar-refractivity contribution in [2.24, 2.45) is 5.41 Å². The maximum atomic E-state index is 12.4. The van der Waals surface area contributed by atoms with Gasteiger partial charge in [-0.1, -0.05) is 20.8 Å². The van der Waals surface area contributed by atoms with Gasteiger partial charge in [-0.2, -0.15) is 0 Å². The van der Waals surface area contributed by atoms with Crippen LogP contribution in [0.1, 0.15) is 52.9 Å². The van der Waals surface area contributed by atoms with Gasteiger partial charge >= 0.3 is 0 Å². The van der Waals surface area contributed by atoms with E-state index in [9.17, 15) is 8.42 Å². The van der Waals surface area contributed by atoms with E-state index in [2.05, 4.69) is 25.7 Å². The van der Waals surface area contributed by atoms with Crippen LogP contribution in [0.2, 0.25) is 0 Å². The van der Waals surface area contributed by atoms with Gasteiger partial charge in [-0.15, -0.1) is 0 Å². The Hall–Kier alpha value is -0.130. The smallest absolute Gasteiger partial charge is 0.214 e. The predicted molar refractivity (Wildman–Crippen MR) is 83.3 cm³/mol. The van der Waals surface area contributed by atoms with Crippen molar-refractivity contribution in [3.05, 3.63) is 0 Å². The molecule has 2 aliphatic rings. The van der Waals surface area contributed by atoms with Crippen molar-refractivity contribution < 1.29 is 8.42 Å². The van der Waals surface area contributed by atoms with Crippen LogP contribution in [0.25, 0.3) is 0 Å². The van der Waals surface area contributed by atoms with Crippen LogP contribution < -0.4 is 0 Å². The number of piperidine rings is 1. The Morgan fingerprint density at radius 2 is 1.80 bits per heavy atom. The summed E-state index contributed by atoms with van der Waals surface area (Å²) >= 11 is 0. The van der Waals surface area contributed by atoms with Gasteiger partial charge in [0.05, 0.1) is 5.75 Å². The van der Waals surface area contributed by atoms with Crippen molar-refractivity contribution in [1.29, 1.82) is 0 Å². The summed E-state index contributed by atoms with van der Waals surface area (Å²) in [7, 11) is -3.03. The van der Waals surface area contributed by atoms with Crippen LogP contribution in [0, 0.1) is 5.41 Å². The Kier molecular flexibility index (Phi) is 5.14. The third-order valence-electron chi connectivity index (χ3n) is 4.88. The fourth-order valence-electron chi connectivity index (χ4n) is 3.26. The Balaban J connectivity index is 1.87. The van der Waals surface area contributed by atoms with E-state index in [1.54, 1.807) is 4.31 Å². The topological polar surface area (TPSA) is 40.6 Å². The molecule has 1 aliphatic carbocycles. The van der Waals surface area contributed by atoms with Crippen LogP contribution in [-0.4, -0.2) is 55.6 Å². The minimum Gasteiger partial charge on any atom is -0.301 e. The molecular formula is C15H30N2O2S. The molecule has 118 valence electrons. The van der Waals surface area contributed by atoms with Gasteiger partial charge in [0.1, 0.15) is 0 Å². The minimum absolute atomic E-state index is 0.0767. The van der Waals surface area contributed by atoms with Crippen molar-refractivity contribution in [2.75, 3.05) is 31.9 Å². The molecule has 4 nitrogen and oxygen atoms in total. The average molecular weight is 302 g/mol. The van der Waals surface area contributed by atoms with E-state index >= 15 is 0 Å². The zero-order valence-electron chi connectivity index (χ0n) is 13.3. The summed E-state index contributed by atoms with van der Waals surface area (Å²) in [5.41, 5.74) is 0.0767. The number of sulfonamides is 1. The van der Waals surface area contributed by atoms with Crippen LogP contribution in [0.4, 0.5) is 0 Å². The summed E-state index contributed by atoms with van der Waals surface area (Å²) in [5.74, 6) is 0.358. The summed E-state index contributed by atoms with van der Waals surface area (Å²) in [5, 5.41) is 0. The predicted octanol–water partition coefficient (Wildman–Crippen LogP) is 2.31. The highest BCUT2D eigenvalue weighted by atomic mass is 32.2. The molecule has 2 rings (SSSR count). The number of nitrogens with zero attached hydrogens (tertiary/aromatic N) is 2. The number of hydrogen-bond donors (Lipinski definition) is 0. The van der Waals surface area contributed by atoms with Crippen molar-refractivity contribution in [1.82, 2.24) is 9.21 Å². The molecule has 5 heteroatoms. The molecule has 1 saturated heterocycles. The zero-order valence-corrected chi connectivity index (χ0v) is 14.1. The lowest BCUT2D eigenvalue weighted by Crippen LogP contribution is -2.47. The normalized spacial score (nSPS) is 24.2.